The van der Waals surface area contributed by atoms with Gasteiger partial charge in [0.1, 0.15) is 0 Å². The van der Waals surface area contributed by atoms with Crippen molar-refractivity contribution in [2.75, 3.05) is 6.61 Å². The normalized spacial score (nSPS) is 44.2. The van der Waals surface area contributed by atoms with Crippen LogP contribution in [0.2, 0.25) is 0 Å². The van der Waals surface area contributed by atoms with Gasteiger partial charge in [-0.05, 0) is 0 Å². The monoisotopic (exact) mass is 174 g/mol. The van der Waals surface area contributed by atoms with E-state index in [1.807, 2.05) is 0 Å². The molecular formula is C5H9BNO3S. The average molecular weight is 174 g/mol. The van der Waals surface area contributed by atoms with Crippen molar-refractivity contribution in [2.24, 2.45) is 4.90 Å². The predicted molar refractivity (Wildman–Crippen MR) is 42.4 cm³/mol. The first kappa shape index (κ1) is 9.19. The van der Waals surface area contributed by atoms with Crippen LogP contribution in [0.3, 0.4) is 0 Å². The van der Waals surface area contributed by atoms with Crippen LogP contribution in [0.25, 0.3) is 0 Å². The topological polar surface area (TPSA) is 73.1 Å². The molecule has 1 radical (unpaired) electrons. The third-order valence-electron chi connectivity index (χ3n) is 1.66. The van der Waals surface area contributed by atoms with Gasteiger partial charge in [0.2, 0.25) is 0 Å². The van der Waals surface area contributed by atoms with Crippen molar-refractivity contribution in [2.45, 2.75) is 22.8 Å². The molecule has 0 aromatic heterocycles. The molecule has 1 aliphatic heterocycles. The van der Waals surface area contributed by atoms with E-state index in [0.29, 0.717) is 0 Å². The van der Waals surface area contributed by atoms with Crippen molar-refractivity contribution < 1.29 is 15.3 Å². The molecule has 0 aromatic rings. The molecule has 0 saturated carbocycles. The number of hydrogen-bond donors (Lipinski definition) is 3. The molecule has 3 N–H and O–H groups in total. The zero-order valence-electron chi connectivity index (χ0n) is 5.79. The van der Waals surface area contributed by atoms with Crippen LogP contribution in [-0.4, -0.2) is 52.4 Å². The van der Waals surface area contributed by atoms with Crippen LogP contribution in [0.5, 0.6) is 0 Å². The van der Waals surface area contributed by atoms with Gasteiger partial charge >= 0.3 is 69.1 Å². The Labute approximate surface area is 69.7 Å². The fourth-order valence-corrected chi connectivity index (χ4v) is 2.16. The van der Waals surface area contributed by atoms with Crippen molar-refractivity contribution >= 4 is 19.4 Å². The van der Waals surface area contributed by atoms with E-state index in [1.54, 1.807) is 0 Å². The summed E-state index contributed by atoms with van der Waals surface area (Å²) >= 11 is 1.19. The van der Waals surface area contributed by atoms with Gasteiger partial charge in [0.25, 0.3) is 0 Å². The molecule has 1 rings (SSSR count). The van der Waals surface area contributed by atoms with Crippen molar-refractivity contribution in [1.82, 2.24) is 0 Å². The van der Waals surface area contributed by atoms with Gasteiger partial charge in [0, 0.05) is 0 Å². The molecule has 0 spiro atoms. The van der Waals surface area contributed by atoms with Crippen LogP contribution in [0, 0.1) is 0 Å². The van der Waals surface area contributed by atoms with E-state index in [2.05, 4.69) is 4.90 Å². The summed E-state index contributed by atoms with van der Waals surface area (Å²) in [7, 11) is 4.95. The Morgan fingerprint density at radius 2 is 2.00 bits per heavy atom. The van der Waals surface area contributed by atoms with Gasteiger partial charge in [-0.25, -0.2) is 0 Å². The van der Waals surface area contributed by atoms with Crippen molar-refractivity contribution in [3.05, 3.63) is 0 Å². The average Bonchev–Trinajstić information content (AvgIpc) is 2.30. The van der Waals surface area contributed by atoms with Gasteiger partial charge in [0.15, 0.2) is 0 Å². The number of rotatable bonds is 2. The number of aliphatic hydroxyl groups is 3. The van der Waals surface area contributed by atoms with Crippen LogP contribution >= 0.6 is 11.8 Å². The van der Waals surface area contributed by atoms with Crippen LogP contribution in [0.15, 0.2) is 4.90 Å². The van der Waals surface area contributed by atoms with Gasteiger partial charge in [-0.1, -0.05) is 0 Å². The first-order valence-corrected chi connectivity index (χ1v) is 4.17. The predicted octanol–water partition coefficient (Wildman–Crippen LogP) is -1.51. The van der Waals surface area contributed by atoms with Crippen LogP contribution < -0.4 is 0 Å². The van der Waals surface area contributed by atoms with Gasteiger partial charge < -0.3 is 0 Å². The third-order valence-corrected chi connectivity index (χ3v) is 3.12. The molecule has 1 aliphatic rings. The van der Waals surface area contributed by atoms with E-state index in [1.165, 1.54) is 11.8 Å². The summed E-state index contributed by atoms with van der Waals surface area (Å²) in [5.74, 6) is 0. The molecule has 0 aromatic carbocycles. The number of aliphatic hydroxyl groups excluding tert-OH is 3. The Kier molecular flexibility index (Phi) is 3.06. The SMILES string of the molecule is [B]=N[C@@H]1S[C@H](CO)C(O)C1O. The van der Waals surface area contributed by atoms with Gasteiger partial charge in [-0.3, -0.25) is 0 Å². The molecule has 2 unspecified atom stereocenters. The Morgan fingerprint density at radius 1 is 1.36 bits per heavy atom. The van der Waals surface area contributed by atoms with Gasteiger partial charge in [-0.2, -0.15) is 0 Å². The van der Waals surface area contributed by atoms with Crippen molar-refractivity contribution in [3.8, 4) is 0 Å². The summed E-state index contributed by atoms with van der Waals surface area (Å²) in [6, 6.07) is 0. The second kappa shape index (κ2) is 3.66. The van der Waals surface area contributed by atoms with E-state index in [9.17, 15) is 10.2 Å². The standard InChI is InChI=1S/C5H9BNO3S/c6-7-5-4(10)3(9)2(1-8)11-5/h2-5,8-10H,1H2/t2-,3?,4?,5-/m1/s1. The molecule has 6 heteroatoms. The Bertz CT molecular complexity index is 159. The quantitative estimate of drug-likeness (QED) is 0.445. The maximum absolute atomic E-state index is 9.21. The summed E-state index contributed by atoms with van der Waals surface area (Å²) in [6.07, 6.45) is -1.88. The fraction of sp³-hybridized carbons (Fsp3) is 1.00. The molecule has 1 fully saturated rings. The first-order valence-electron chi connectivity index (χ1n) is 3.23. The Morgan fingerprint density at radius 3 is 2.27 bits per heavy atom. The molecule has 0 aliphatic carbocycles. The Hall–Kier alpha value is 0.0949. The minimum absolute atomic E-state index is 0.172. The zero-order chi connectivity index (χ0) is 8.43. The van der Waals surface area contributed by atoms with Crippen LogP contribution in [-0.2, 0) is 0 Å². The van der Waals surface area contributed by atoms with E-state index in [0.717, 1.165) is 0 Å². The molecule has 61 valence electrons. The molecule has 0 amide bonds. The van der Waals surface area contributed by atoms with Gasteiger partial charge in [0.05, 0.1) is 0 Å². The molecular weight excluding hydrogens is 165 g/mol. The summed E-state index contributed by atoms with van der Waals surface area (Å²) in [5, 5.41) is 26.2. The van der Waals surface area contributed by atoms with Crippen molar-refractivity contribution in [3.63, 3.8) is 0 Å². The molecule has 4 atom stereocenters. The van der Waals surface area contributed by atoms with E-state index < -0.39 is 17.6 Å². The van der Waals surface area contributed by atoms with E-state index in [-0.39, 0.29) is 11.9 Å². The van der Waals surface area contributed by atoms with Crippen LogP contribution in [0.4, 0.5) is 0 Å². The number of hydrogen-bond acceptors (Lipinski definition) is 5. The molecule has 1 heterocycles. The number of thioether (sulfide) groups is 1. The second-order valence-corrected chi connectivity index (χ2v) is 3.74. The third kappa shape index (κ3) is 1.64. The van der Waals surface area contributed by atoms with E-state index in [4.69, 9.17) is 12.7 Å². The first-order chi connectivity index (χ1) is 5.20. The molecule has 11 heavy (non-hydrogen) atoms. The van der Waals surface area contributed by atoms with Gasteiger partial charge in [-0.15, -0.1) is 0 Å². The summed E-state index contributed by atoms with van der Waals surface area (Å²) in [5.41, 5.74) is 0. The van der Waals surface area contributed by atoms with Crippen molar-refractivity contribution in [1.29, 1.82) is 0 Å². The maximum atomic E-state index is 9.21. The summed E-state index contributed by atoms with van der Waals surface area (Å²) in [6.45, 7) is -0.172. The fourth-order valence-electron chi connectivity index (χ4n) is 1.00. The Balaban J connectivity index is 2.60. The number of nitrogens with zero attached hydrogens (tertiary/aromatic N) is 1. The molecule has 1 saturated heterocycles. The molecule has 0 bridgehead atoms. The minimum atomic E-state index is -0.956. The second-order valence-electron chi connectivity index (χ2n) is 2.38. The van der Waals surface area contributed by atoms with E-state index >= 15 is 0 Å². The zero-order valence-corrected chi connectivity index (χ0v) is 6.61. The van der Waals surface area contributed by atoms with Crippen LogP contribution in [0.1, 0.15) is 0 Å². The molecule has 4 nitrogen and oxygen atoms in total. The summed E-state index contributed by atoms with van der Waals surface area (Å²) < 4.78 is 0. The summed E-state index contributed by atoms with van der Waals surface area (Å²) in [4.78, 5) is 3.36.